The Morgan fingerprint density at radius 3 is 2.85 bits per heavy atom. The summed E-state index contributed by atoms with van der Waals surface area (Å²) in [6.07, 6.45) is 2.26. The van der Waals surface area contributed by atoms with Crippen molar-refractivity contribution in [3.8, 4) is 0 Å². The summed E-state index contributed by atoms with van der Waals surface area (Å²) in [6, 6.07) is 9.97. The fourth-order valence-electron chi connectivity index (χ4n) is 2.86. The number of carbonyl (C=O) groups is 2. The molecule has 1 aliphatic heterocycles. The quantitative estimate of drug-likeness (QED) is 0.681. The van der Waals surface area contributed by atoms with Crippen LogP contribution in [-0.4, -0.2) is 46.8 Å². The van der Waals surface area contributed by atoms with E-state index in [1.54, 1.807) is 4.90 Å². The third kappa shape index (κ3) is 4.64. The maximum Gasteiger partial charge on any atom is 0.229 e. The number of benzene rings is 1. The molecule has 1 unspecified atom stereocenters. The molecule has 2 amide bonds. The maximum absolute atomic E-state index is 12.3. The van der Waals surface area contributed by atoms with E-state index in [0.29, 0.717) is 31.1 Å². The Morgan fingerprint density at radius 2 is 2.08 bits per heavy atom. The molecule has 3 rings (SSSR count). The van der Waals surface area contributed by atoms with Crippen LogP contribution >= 0.6 is 11.3 Å². The van der Waals surface area contributed by atoms with Gasteiger partial charge in [-0.05, 0) is 18.4 Å². The molecule has 7 nitrogen and oxygen atoms in total. The van der Waals surface area contributed by atoms with Crippen LogP contribution in [-0.2, 0) is 16.0 Å². The molecule has 1 fully saturated rings. The van der Waals surface area contributed by atoms with E-state index in [-0.39, 0.29) is 30.8 Å². The van der Waals surface area contributed by atoms with E-state index in [0.717, 1.165) is 17.0 Å². The lowest BCUT2D eigenvalue weighted by atomic mass is 10.1. The van der Waals surface area contributed by atoms with Crippen LogP contribution in [0.5, 0.6) is 0 Å². The minimum Gasteiger partial charge on any atom is -0.396 e. The monoisotopic (exact) mass is 374 g/mol. The van der Waals surface area contributed by atoms with Crippen LogP contribution in [0.4, 0.5) is 5.13 Å². The maximum atomic E-state index is 12.3. The number of nitrogens with one attached hydrogen (secondary N) is 1. The largest absolute Gasteiger partial charge is 0.396 e. The zero-order valence-corrected chi connectivity index (χ0v) is 15.2. The molecule has 1 atom stereocenters. The van der Waals surface area contributed by atoms with E-state index in [9.17, 15) is 9.59 Å². The third-order valence-electron chi connectivity index (χ3n) is 4.27. The second-order valence-electron chi connectivity index (χ2n) is 6.27. The van der Waals surface area contributed by atoms with Crippen LogP contribution in [0.2, 0.25) is 0 Å². The lowest BCUT2D eigenvalue weighted by molar-refractivity contribution is -0.126. The average Bonchev–Trinajstić information content (AvgIpc) is 3.26. The minimum atomic E-state index is -0.363. The van der Waals surface area contributed by atoms with Crippen LogP contribution in [0, 0.1) is 5.92 Å². The Labute approximate surface area is 156 Å². The number of aliphatic hydroxyl groups is 1. The summed E-state index contributed by atoms with van der Waals surface area (Å²) in [5, 5.41) is 21.3. The standard InChI is InChI=1S/C18H22N4O3S/c23-9-5-4-8-19-17(25)14-11-16(24)22(12-14)18-21-20-15(26-18)10-13-6-2-1-3-7-13/h1-3,6-7,14,23H,4-5,8-12H2,(H,19,25). The molecular formula is C18H22N4O3S. The van der Waals surface area contributed by atoms with E-state index < -0.39 is 0 Å². The molecule has 0 aliphatic carbocycles. The van der Waals surface area contributed by atoms with Crippen molar-refractivity contribution in [2.24, 2.45) is 5.92 Å². The number of carbonyl (C=O) groups excluding carboxylic acids is 2. The minimum absolute atomic E-state index is 0.0945. The van der Waals surface area contributed by atoms with Gasteiger partial charge in [0.05, 0.1) is 5.92 Å². The van der Waals surface area contributed by atoms with Crippen molar-refractivity contribution in [1.82, 2.24) is 15.5 Å². The summed E-state index contributed by atoms with van der Waals surface area (Å²) in [6.45, 7) is 0.975. The number of hydrogen-bond acceptors (Lipinski definition) is 6. The molecule has 2 aromatic rings. The van der Waals surface area contributed by atoms with Gasteiger partial charge in [0.15, 0.2) is 0 Å². The lowest BCUT2D eigenvalue weighted by Crippen LogP contribution is -2.33. The molecule has 0 radical (unpaired) electrons. The predicted molar refractivity (Wildman–Crippen MR) is 98.9 cm³/mol. The van der Waals surface area contributed by atoms with E-state index in [1.807, 2.05) is 30.3 Å². The SMILES string of the molecule is O=C(NCCCCO)C1CC(=O)N(c2nnc(Cc3ccccc3)s2)C1. The number of anilines is 1. The molecule has 26 heavy (non-hydrogen) atoms. The van der Waals surface area contributed by atoms with Crippen LogP contribution in [0.25, 0.3) is 0 Å². The van der Waals surface area contributed by atoms with Crippen molar-refractivity contribution in [3.05, 3.63) is 40.9 Å². The molecule has 1 aromatic heterocycles. The average molecular weight is 374 g/mol. The number of unbranched alkanes of at least 4 members (excludes halogenated alkanes) is 1. The number of hydrogen-bond donors (Lipinski definition) is 2. The molecule has 138 valence electrons. The molecule has 8 heteroatoms. The number of nitrogens with zero attached hydrogens (tertiary/aromatic N) is 3. The second-order valence-corrected chi connectivity index (χ2v) is 7.31. The van der Waals surface area contributed by atoms with Crippen LogP contribution in [0.15, 0.2) is 30.3 Å². The van der Waals surface area contributed by atoms with Crippen molar-refractivity contribution in [1.29, 1.82) is 0 Å². The number of aliphatic hydroxyl groups excluding tert-OH is 1. The molecule has 0 saturated carbocycles. The van der Waals surface area contributed by atoms with E-state index in [4.69, 9.17) is 5.11 Å². The Morgan fingerprint density at radius 1 is 1.27 bits per heavy atom. The van der Waals surface area contributed by atoms with Gasteiger partial charge >= 0.3 is 0 Å². The van der Waals surface area contributed by atoms with E-state index in [2.05, 4.69) is 15.5 Å². The fraction of sp³-hybridized carbons (Fsp3) is 0.444. The molecule has 0 spiro atoms. The zero-order chi connectivity index (χ0) is 18.4. The molecule has 1 aromatic carbocycles. The third-order valence-corrected chi connectivity index (χ3v) is 5.21. The summed E-state index contributed by atoms with van der Waals surface area (Å²) in [7, 11) is 0. The first-order valence-corrected chi connectivity index (χ1v) is 9.54. The van der Waals surface area contributed by atoms with E-state index in [1.165, 1.54) is 11.3 Å². The van der Waals surface area contributed by atoms with Gasteiger partial charge in [-0.2, -0.15) is 0 Å². The van der Waals surface area contributed by atoms with Gasteiger partial charge < -0.3 is 10.4 Å². The molecule has 1 aliphatic rings. The van der Waals surface area contributed by atoms with Crippen LogP contribution in [0.1, 0.15) is 29.8 Å². The molecule has 2 N–H and O–H groups in total. The smallest absolute Gasteiger partial charge is 0.229 e. The summed E-state index contributed by atoms with van der Waals surface area (Å²) in [5.41, 5.74) is 1.14. The highest BCUT2D eigenvalue weighted by molar-refractivity contribution is 7.15. The summed E-state index contributed by atoms with van der Waals surface area (Å²) in [5.74, 6) is -0.575. The molecular weight excluding hydrogens is 352 g/mol. The first kappa shape index (κ1) is 18.5. The van der Waals surface area contributed by atoms with Crippen molar-refractivity contribution in [2.45, 2.75) is 25.7 Å². The fourth-order valence-corrected chi connectivity index (χ4v) is 3.76. The molecule has 0 bridgehead atoms. The zero-order valence-electron chi connectivity index (χ0n) is 14.4. The highest BCUT2D eigenvalue weighted by atomic mass is 32.1. The Bertz CT molecular complexity index is 750. The second kappa shape index (κ2) is 8.86. The van der Waals surface area contributed by atoms with Gasteiger partial charge in [-0.3, -0.25) is 14.5 Å². The van der Waals surface area contributed by atoms with Crippen LogP contribution < -0.4 is 10.2 Å². The van der Waals surface area contributed by atoms with Crippen molar-refractivity contribution < 1.29 is 14.7 Å². The van der Waals surface area contributed by atoms with Gasteiger partial charge in [-0.1, -0.05) is 41.7 Å². The molecule has 1 saturated heterocycles. The Balaban J connectivity index is 1.56. The van der Waals surface area contributed by atoms with E-state index >= 15 is 0 Å². The van der Waals surface area contributed by atoms with Crippen LogP contribution in [0.3, 0.4) is 0 Å². The van der Waals surface area contributed by atoms with Crippen molar-refractivity contribution in [2.75, 3.05) is 24.6 Å². The van der Waals surface area contributed by atoms with Crippen molar-refractivity contribution >= 4 is 28.3 Å². The van der Waals surface area contributed by atoms with Gasteiger partial charge in [0, 0.05) is 32.5 Å². The predicted octanol–water partition coefficient (Wildman–Crippen LogP) is 1.37. The Hall–Kier alpha value is -2.32. The first-order valence-electron chi connectivity index (χ1n) is 8.72. The highest BCUT2D eigenvalue weighted by Gasteiger charge is 2.36. The summed E-state index contributed by atoms with van der Waals surface area (Å²) < 4.78 is 0. The normalized spacial score (nSPS) is 16.9. The Kier molecular flexibility index (Phi) is 6.30. The van der Waals surface area contributed by atoms with Gasteiger partial charge in [0.25, 0.3) is 0 Å². The summed E-state index contributed by atoms with van der Waals surface area (Å²) in [4.78, 5) is 26.0. The number of amides is 2. The first-order chi connectivity index (χ1) is 12.7. The number of rotatable bonds is 8. The van der Waals surface area contributed by atoms with Gasteiger partial charge in [-0.15, -0.1) is 10.2 Å². The summed E-state index contributed by atoms with van der Waals surface area (Å²) >= 11 is 1.39. The topological polar surface area (TPSA) is 95.4 Å². The lowest BCUT2D eigenvalue weighted by Gasteiger charge is -2.12. The van der Waals surface area contributed by atoms with Gasteiger partial charge in [0.1, 0.15) is 5.01 Å². The number of aromatic nitrogens is 2. The van der Waals surface area contributed by atoms with Gasteiger partial charge in [-0.25, -0.2) is 0 Å². The molecule has 2 heterocycles. The highest BCUT2D eigenvalue weighted by Crippen LogP contribution is 2.28. The van der Waals surface area contributed by atoms with Gasteiger partial charge in [0.2, 0.25) is 16.9 Å². The van der Waals surface area contributed by atoms with Crippen molar-refractivity contribution in [3.63, 3.8) is 0 Å².